The number of carbonyl (C=O) groups excluding carboxylic acids is 2. The first kappa shape index (κ1) is 24.3. The first-order valence-corrected chi connectivity index (χ1v) is 12.3. The molecule has 5 rings (SSSR count). The third-order valence-electron chi connectivity index (χ3n) is 6.59. The van der Waals surface area contributed by atoms with Gasteiger partial charge in [0.2, 0.25) is 5.91 Å². The maximum atomic E-state index is 13.3. The number of ether oxygens (including phenoxy) is 2. The highest BCUT2D eigenvalue weighted by Gasteiger charge is 2.33. The average molecular weight is 493 g/mol. The van der Waals surface area contributed by atoms with Gasteiger partial charge in [-0.3, -0.25) is 9.59 Å². The molecular formula is C31H28N2O4. The molecule has 1 aliphatic rings. The Morgan fingerprint density at radius 1 is 0.865 bits per heavy atom. The van der Waals surface area contributed by atoms with Crippen LogP contribution in [-0.2, 0) is 20.9 Å². The lowest BCUT2D eigenvalue weighted by atomic mass is 9.98. The van der Waals surface area contributed by atoms with Crippen LogP contribution in [-0.4, -0.2) is 29.7 Å². The first-order chi connectivity index (χ1) is 18.1. The summed E-state index contributed by atoms with van der Waals surface area (Å²) in [6.07, 6.45) is 0.603. The molecule has 1 aliphatic heterocycles. The molecule has 0 radical (unpaired) electrons. The second kappa shape index (κ2) is 11.1. The zero-order valence-electron chi connectivity index (χ0n) is 20.7. The van der Waals surface area contributed by atoms with Crippen LogP contribution in [0.4, 0.5) is 0 Å². The van der Waals surface area contributed by atoms with Gasteiger partial charge in [0.1, 0.15) is 12.4 Å². The van der Waals surface area contributed by atoms with Crippen molar-refractivity contribution >= 4 is 28.4 Å². The van der Waals surface area contributed by atoms with Gasteiger partial charge in [0.05, 0.1) is 25.3 Å². The van der Waals surface area contributed by atoms with Crippen molar-refractivity contribution in [1.82, 2.24) is 5.01 Å². The minimum absolute atomic E-state index is 0.00831. The van der Waals surface area contributed by atoms with Gasteiger partial charge in [0.25, 0.3) is 0 Å². The van der Waals surface area contributed by atoms with Crippen LogP contribution in [0.1, 0.15) is 42.0 Å². The lowest BCUT2D eigenvalue weighted by Gasteiger charge is -2.22. The van der Waals surface area contributed by atoms with E-state index >= 15 is 0 Å². The quantitative estimate of drug-likeness (QED) is 0.281. The molecule has 6 nitrogen and oxygen atoms in total. The Kier molecular flexibility index (Phi) is 7.26. The Bertz CT molecular complexity index is 1430. The topological polar surface area (TPSA) is 68.2 Å². The number of amides is 1. The van der Waals surface area contributed by atoms with E-state index in [4.69, 9.17) is 9.47 Å². The molecule has 0 bridgehead atoms. The molecule has 0 fully saturated rings. The van der Waals surface area contributed by atoms with E-state index in [2.05, 4.69) is 5.10 Å². The third-order valence-corrected chi connectivity index (χ3v) is 6.59. The summed E-state index contributed by atoms with van der Waals surface area (Å²) in [6.45, 7) is 0.170. The molecular weight excluding hydrogens is 464 g/mol. The number of carbonyl (C=O) groups is 2. The van der Waals surface area contributed by atoms with Crippen molar-refractivity contribution in [2.75, 3.05) is 7.11 Å². The van der Waals surface area contributed by atoms with E-state index in [1.165, 1.54) is 5.01 Å². The molecule has 0 aromatic heterocycles. The normalized spacial score (nSPS) is 14.9. The summed E-state index contributed by atoms with van der Waals surface area (Å²) < 4.78 is 10.8. The van der Waals surface area contributed by atoms with E-state index < -0.39 is 5.97 Å². The van der Waals surface area contributed by atoms with Crippen molar-refractivity contribution in [2.24, 2.45) is 5.10 Å². The summed E-state index contributed by atoms with van der Waals surface area (Å²) in [5.74, 6) is 0.125. The highest BCUT2D eigenvalue weighted by Crippen LogP contribution is 2.34. The molecule has 1 amide bonds. The van der Waals surface area contributed by atoms with E-state index in [0.717, 1.165) is 38.9 Å². The Labute approximate surface area is 216 Å². The van der Waals surface area contributed by atoms with Crippen molar-refractivity contribution in [1.29, 1.82) is 0 Å². The Morgan fingerprint density at radius 2 is 1.59 bits per heavy atom. The molecule has 186 valence electrons. The molecule has 0 saturated heterocycles. The molecule has 4 aromatic rings. The molecule has 0 N–H and O–H groups in total. The maximum absolute atomic E-state index is 13.3. The number of hydrazone groups is 1. The summed E-state index contributed by atoms with van der Waals surface area (Å²) in [7, 11) is 1.62. The van der Waals surface area contributed by atoms with Crippen molar-refractivity contribution in [3.63, 3.8) is 0 Å². The van der Waals surface area contributed by atoms with Gasteiger partial charge in [-0.1, -0.05) is 84.9 Å². The number of nitrogens with zero attached hydrogens (tertiary/aromatic N) is 2. The molecule has 0 unspecified atom stereocenters. The van der Waals surface area contributed by atoms with Crippen LogP contribution in [0.25, 0.3) is 10.8 Å². The largest absolute Gasteiger partial charge is 0.497 e. The van der Waals surface area contributed by atoms with Gasteiger partial charge in [-0.15, -0.1) is 0 Å². The van der Waals surface area contributed by atoms with Gasteiger partial charge < -0.3 is 9.47 Å². The molecule has 1 atom stereocenters. The van der Waals surface area contributed by atoms with Crippen LogP contribution >= 0.6 is 0 Å². The maximum Gasteiger partial charge on any atom is 0.306 e. The zero-order valence-corrected chi connectivity index (χ0v) is 20.7. The van der Waals surface area contributed by atoms with Crippen LogP contribution < -0.4 is 4.74 Å². The number of benzene rings is 4. The van der Waals surface area contributed by atoms with E-state index in [1.807, 2.05) is 97.1 Å². The minimum Gasteiger partial charge on any atom is -0.497 e. The SMILES string of the molecule is COc1ccc([C@H]2CC(c3ccccc3)=NN2C(=O)CCC(=O)OCc2cccc3ccccc23)cc1. The fraction of sp³-hybridized carbons (Fsp3) is 0.194. The van der Waals surface area contributed by atoms with Gasteiger partial charge in [0.15, 0.2) is 0 Å². The number of hydrogen-bond donors (Lipinski definition) is 0. The molecule has 0 spiro atoms. The van der Waals surface area contributed by atoms with Crippen LogP contribution in [0.2, 0.25) is 0 Å². The lowest BCUT2D eigenvalue weighted by Crippen LogP contribution is -2.27. The van der Waals surface area contributed by atoms with E-state index in [-0.39, 0.29) is 31.4 Å². The number of fused-ring (bicyclic) bond motifs is 1. The summed E-state index contributed by atoms with van der Waals surface area (Å²) in [5, 5.41) is 8.34. The first-order valence-electron chi connectivity index (χ1n) is 12.3. The summed E-state index contributed by atoms with van der Waals surface area (Å²) in [6, 6.07) is 31.1. The highest BCUT2D eigenvalue weighted by molar-refractivity contribution is 6.03. The standard InChI is InChI=1S/C31H28N2O4/c1-36-26-16-14-24(15-17-26)29-20-28(23-9-3-2-4-10-23)32-33(29)30(34)18-19-31(35)37-21-25-12-7-11-22-8-5-6-13-27(22)25/h2-17,29H,18-21H2,1H3/t29-/m1/s1. The van der Waals surface area contributed by atoms with Crippen LogP contribution in [0.3, 0.4) is 0 Å². The summed E-state index contributed by atoms with van der Waals surface area (Å²) in [5.41, 5.74) is 3.72. The lowest BCUT2D eigenvalue weighted by molar-refractivity contribution is -0.147. The van der Waals surface area contributed by atoms with E-state index in [1.54, 1.807) is 7.11 Å². The van der Waals surface area contributed by atoms with Crippen molar-refractivity contribution in [3.05, 3.63) is 114 Å². The predicted octanol–water partition coefficient (Wildman–Crippen LogP) is 6.05. The zero-order chi connectivity index (χ0) is 25.6. The van der Waals surface area contributed by atoms with E-state index in [0.29, 0.717) is 6.42 Å². The minimum atomic E-state index is -0.409. The Balaban J connectivity index is 1.26. The van der Waals surface area contributed by atoms with Crippen molar-refractivity contribution in [2.45, 2.75) is 31.9 Å². The smallest absolute Gasteiger partial charge is 0.306 e. The number of rotatable bonds is 8. The monoisotopic (exact) mass is 492 g/mol. The average Bonchev–Trinajstić information content (AvgIpc) is 3.41. The highest BCUT2D eigenvalue weighted by atomic mass is 16.5. The van der Waals surface area contributed by atoms with Gasteiger partial charge >= 0.3 is 5.97 Å². The van der Waals surface area contributed by atoms with Gasteiger partial charge in [-0.2, -0.15) is 5.10 Å². The van der Waals surface area contributed by atoms with Crippen LogP contribution in [0, 0.1) is 0 Å². The Hall–Kier alpha value is -4.45. The second-order valence-electron chi connectivity index (χ2n) is 8.94. The molecule has 37 heavy (non-hydrogen) atoms. The summed E-state index contributed by atoms with van der Waals surface area (Å²) >= 11 is 0. The fourth-order valence-corrected chi connectivity index (χ4v) is 4.60. The molecule has 4 aromatic carbocycles. The molecule has 1 heterocycles. The van der Waals surface area contributed by atoms with Gasteiger partial charge in [-0.05, 0) is 39.6 Å². The van der Waals surface area contributed by atoms with Gasteiger partial charge in [0, 0.05) is 12.8 Å². The number of methoxy groups -OCH3 is 1. The van der Waals surface area contributed by atoms with Gasteiger partial charge in [-0.25, -0.2) is 5.01 Å². The Morgan fingerprint density at radius 3 is 2.38 bits per heavy atom. The van der Waals surface area contributed by atoms with Crippen LogP contribution in [0.5, 0.6) is 5.75 Å². The number of esters is 1. The van der Waals surface area contributed by atoms with Crippen LogP contribution in [0.15, 0.2) is 102 Å². The molecule has 6 heteroatoms. The second-order valence-corrected chi connectivity index (χ2v) is 8.94. The van der Waals surface area contributed by atoms with Crippen molar-refractivity contribution in [3.8, 4) is 5.75 Å². The predicted molar refractivity (Wildman–Crippen MR) is 143 cm³/mol. The van der Waals surface area contributed by atoms with E-state index in [9.17, 15) is 9.59 Å². The summed E-state index contributed by atoms with van der Waals surface area (Å²) in [4.78, 5) is 25.8. The van der Waals surface area contributed by atoms with Crippen molar-refractivity contribution < 1.29 is 19.1 Å². The molecule has 0 aliphatic carbocycles. The number of hydrogen-bond acceptors (Lipinski definition) is 5. The molecule has 0 saturated carbocycles. The fourth-order valence-electron chi connectivity index (χ4n) is 4.60. The third kappa shape index (κ3) is 5.54.